The molecule has 1 aromatic carbocycles. The van der Waals surface area contributed by atoms with Crippen LogP contribution < -0.4 is 0 Å². The van der Waals surface area contributed by atoms with Gasteiger partial charge in [-0.15, -0.1) is 22.0 Å². The lowest BCUT2D eigenvalue weighted by Crippen LogP contribution is -1.98. The van der Waals surface area contributed by atoms with E-state index in [-0.39, 0.29) is 0 Å². The maximum Gasteiger partial charge on any atom is 0.150 e. The van der Waals surface area contributed by atoms with Crippen molar-refractivity contribution in [3.05, 3.63) is 36.4 Å². The van der Waals surface area contributed by atoms with Crippen LogP contribution in [0.3, 0.4) is 0 Å². The first-order chi connectivity index (χ1) is 8.22. The first-order valence-corrected chi connectivity index (χ1v) is 7.81. The van der Waals surface area contributed by atoms with Crippen molar-refractivity contribution in [3.63, 3.8) is 0 Å². The minimum Gasteiger partial charge on any atom is -0.253 e. The Labute approximate surface area is 107 Å². The molecule has 1 aromatic heterocycles. The van der Waals surface area contributed by atoms with E-state index in [4.69, 9.17) is 0 Å². The molecule has 0 bridgehead atoms. The molecular weight excluding hydrogens is 252 g/mol. The van der Waals surface area contributed by atoms with Gasteiger partial charge in [-0.25, -0.2) is 0 Å². The van der Waals surface area contributed by atoms with Crippen LogP contribution in [0.1, 0.15) is 0 Å². The third-order valence-corrected chi connectivity index (χ3v) is 3.79. The first-order valence-electron chi connectivity index (χ1n) is 5.03. The highest BCUT2D eigenvalue weighted by molar-refractivity contribution is 7.98. The van der Waals surface area contributed by atoms with Crippen LogP contribution in [0.4, 0.5) is 0 Å². The highest BCUT2D eigenvalue weighted by Gasteiger charge is 2.10. The molecule has 0 saturated carbocycles. The molecule has 1 atom stereocenters. The van der Waals surface area contributed by atoms with Gasteiger partial charge in [0.25, 0.3) is 0 Å². The van der Waals surface area contributed by atoms with Crippen LogP contribution in [0, 0.1) is 0 Å². The number of hydrogen-bond donors (Lipinski definition) is 0. The predicted molar refractivity (Wildman–Crippen MR) is 71.6 cm³/mol. The van der Waals surface area contributed by atoms with Gasteiger partial charge < -0.3 is 0 Å². The van der Waals surface area contributed by atoms with Gasteiger partial charge in [0.15, 0.2) is 0 Å². The van der Waals surface area contributed by atoms with E-state index < -0.39 is 10.8 Å². The molecule has 0 aliphatic carbocycles. The molecule has 1 heterocycles. The third-order valence-electron chi connectivity index (χ3n) is 2.31. The summed E-state index contributed by atoms with van der Waals surface area (Å²) in [6.45, 7) is 0. The molecule has 0 unspecified atom stereocenters. The third kappa shape index (κ3) is 2.73. The van der Waals surface area contributed by atoms with E-state index >= 15 is 0 Å². The molecule has 0 amide bonds. The van der Waals surface area contributed by atoms with Gasteiger partial charge in [-0.2, -0.15) is 0 Å². The number of aromatic nitrogens is 2. The number of thioether (sulfide) groups is 1. The average molecular weight is 264 g/mol. The Balaban J connectivity index is 2.58. The maximum absolute atomic E-state index is 11.4. The van der Waals surface area contributed by atoms with E-state index in [0.29, 0.717) is 5.03 Å². The second kappa shape index (κ2) is 5.42. The molecule has 2 aromatic rings. The lowest BCUT2D eigenvalue weighted by Gasteiger charge is -2.06. The van der Waals surface area contributed by atoms with Crippen molar-refractivity contribution in [2.45, 2.75) is 10.1 Å². The smallest absolute Gasteiger partial charge is 0.150 e. The zero-order valence-electron chi connectivity index (χ0n) is 9.58. The van der Waals surface area contributed by atoms with Crippen molar-refractivity contribution in [1.29, 1.82) is 0 Å². The second-order valence-corrected chi connectivity index (χ2v) is 5.55. The molecule has 0 aliphatic rings. The van der Waals surface area contributed by atoms with Gasteiger partial charge in [0.2, 0.25) is 0 Å². The van der Waals surface area contributed by atoms with Crippen LogP contribution in [-0.2, 0) is 10.8 Å². The Hall–Kier alpha value is -1.20. The molecule has 88 valence electrons. The summed E-state index contributed by atoms with van der Waals surface area (Å²) in [5.41, 5.74) is 2.05. The van der Waals surface area contributed by atoms with Gasteiger partial charge in [-0.05, 0) is 17.9 Å². The van der Waals surface area contributed by atoms with Gasteiger partial charge in [0.05, 0.1) is 10.8 Å². The highest BCUT2D eigenvalue weighted by Crippen LogP contribution is 2.28. The summed E-state index contributed by atoms with van der Waals surface area (Å²) in [5.74, 6) is 0. The Morgan fingerprint density at radius 2 is 1.88 bits per heavy atom. The summed E-state index contributed by atoms with van der Waals surface area (Å²) in [6, 6.07) is 11.8. The predicted octanol–water partition coefficient (Wildman–Crippen LogP) is 2.60. The summed E-state index contributed by atoms with van der Waals surface area (Å²) in [6.07, 6.45) is 3.57. The largest absolute Gasteiger partial charge is 0.253 e. The van der Waals surface area contributed by atoms with Crippen LogP contribution in [0.15, 0.2) is 46.5 Å². The molecule has 0 saturated heterocycles. The van der Waals surface area contributed by atoms with Crippen molar-refractivity contribution in [1.82, 2.24) is 10.2 Å². The molecule has 0 fully saturated rings. The molecule has 2 rings (SSSR count). The summed E-state index contributed by atoms with van der Waals surface area (Å²) in [5, 5.41) is 9.45. The Morgan fingerprint density at radius 3 is 2.47 bits per heavy atom. The zero-order valence-corrected chi connectivity index (χ0v) is 11.2. The molecular formula is C12H12N2OS2. The SMILES string of the molecule is CSc1nnc([S@](C)=O)cc1-c1ccccc1. The highest BCUT2D eigenvalue weighted by atomic mass is 32.2. The molecule has 0 spiro atoms. The summed E-state index contributed by atoms with van der Waals surface area (Å²) >= 11 is 1.54. The van der Waals surface area contributed by atoms with E-state index in [1.807, 2.05) is 42.7 Å². The maximum atomic E-state index is 11.4. The molecule has 0 aliphatic heterocycles. The van der Waals surface area contributed by atoms with Crippen molar-refractivity contribution in [2.24, 2.45) is 0 Å². The fourth-order valence-corrected chi connectivity index (χ4v) is 2.44. The number of rotatable bonds is 3. The van der Waals surface area contributed by atoms with E-state index in [9.17, 15) is 4.21 Å². The standard InChI is InChI=1S/C12H12N2OS2/c1-16-12-10(9-6-4-3-5-7-9)8-11(13-14-12)17(2)15/h3-8H,1-2H3/t17-/m0/s1. The minimum atomic E-state index is -1.11. The quantitative estimate of drug-likeness (QED) is 0.799. The van der Waals surface area contributed by atoms with Crippen molar-refractivity contribution in [3.8, 4) is 11.1 Å². The van der Waals surface area contributed by atoms with Crippen molar-refractivity contribution < 1.29 is 4.21 Å². The second-order valence-electron chi connectivity index (χ2n) is 3.43. The molecule has 5 heteroatoms. The van der Waals surface area contributed by atoms with E-state index in [0.717, 1.165) is 16.2 Å². The fourth-order valence-electron chi connectivity index (χ4n) is 1.48. The molecule has 0 N–H and O–H groups in total. The Bertz CT molecular complexity index is 543. The minimum absolute atomic E-state index is 0.515. The fraction of sp³-hybridized carbons (Fsp3) is 0.167. The number of benzene rings is 1. The van der Waals surface area contributed by atoms with E-state index in [1.54, 1.807) is 6.26 Å². The first kappa shape index (κ1) is 12.3. The van der Waals surface area contributed by atoms with Gasteiger partial charge in [0, 0.05) is 11.8 Å². The Morgan fingerprint density at radius 1 is 1.18 bits per heavy atom. The van der Waals surface area contributed by atoms with Crippen molar-refractivity contribution >= 4 is 22.6 Å². The van der Waals surface area contributed by atoms with Gasteiger partial charge in [-0.1, -0.05) is 30.3 Å². The summed E-state index contributed by atoms with van der Waals surface area (Å²) in [7, 11) is -1.11. The normalized spacial score (nSPS) is 12.4. The Kier molecular flexibility index (Phi) is 3.91. The van der Waals surface area contributed by atoms with E-state index in [2.05, 4.69) is 10.2 Å². The van der Waals surface area contributed by atoms with E-state index in [1.165, 1.54) is 11.8 Å². The molecule has 17 heavy (non-hydrogen) atoms. The van der Waals surface area contributed by atoms with Crippen LogP contribution in [0.5, 0.6) is 0 Å². The average Bonchev–Trinajstić information content (AvgIpc) is 2.39. The van der Waals surface area contributed by atoms with Gasteiger partial charge >= 0.3 is 0 Å². The number of nitrogens with zero attached hydrogens (tertiary/aromatic N) is 2. The van der Waals surface area contributed by atoms with Crippen molar-refractivity contribution in [2.75, 3.05) is 12.5 Å². The zero-order chi connectivity index (χ0) is 12.3. The van der Waals surface area contributed by atoms with Gasteiger partial charge in [-0.3, -0.25) is 4.21 Å². The van der Waals surface area contributed by atoms with Crippen LogP contribution in [0.25, 0.3) is 11.1 Å². The lowest BCUT2D eigenvalue weighted by atomic mass is 10.1. The summed E-state index contributed by atoms with van der Waals surface area (Å²) < 4.78 is 11.4. The topological polar surface area (TPSA) is 42.9 Å². The monoisotopic (exact) mass is 264 g/mol. The molecule has 3 nitrogen and oxygen atoms in total. The molecule has 0 radical (unpaired) electrons. The van der Waals surface area contributed by atoms with Crippen LogP contribution in [-0.4, -0.2) is 26.9 Å². The lowest BCUT2D eigenvalue weighted by molar-refractivity contribution is 0.680. The van der Waals surface area contributed by atoms with Crippen LogP contribution in [0.2, 0.25) is 0 Å². The number of hydrogen-bond acceptors (Lipinski definition) is 4. The summed E-state index contributed by atoms with van der Waals surface area (Å²) in [4.78, 5) is 0. The van der Waals surface area contributed by atoms with Crippen LogP contribution >= 0.6 is 11.8 Å². The van der Waals surface area contributed by atoms with Gasteiger partial charge in [0.1, 0.15) is 10.1 Å².